The lowest BCUT2D eigenvalue weighted by atomic mass is 10.2. The number of nitrogens with zero attached hydrogens (tertiary/aromatic N) is 3. The van der Waals surface area contributed by atoms with Crippen molar-refractivity contribution in [3.05, 3.63) is 41.1 Å². The average Bonchev–Trinajstić information content (AvgIpc) is 2.71. The van der Waals surface area contributed by atoms with Crippen LogP contribution in [-0.2, 0) is 20.1 Å². The number of halogens is 1. The van der Waals surface area contributed by atoms with Crippen molar-refractivity contribution in [2.45, 2.75) is 13.1 Å². The summed E-state index contributed by atoms with van der Waals surface area (Å²) in [5.41, 5.74) is 1.11. The first-order chi connectivity index (χ1) is 8.70. The van der Waals surface area contributed by atoms with Crippen molar-refractivity contribution in [3.63, 3.8) is 0 Å². The highest BCUT2D eigenvalue weighted by atomic mass is 35.5. The van der Waals surface area contributed by atoms with E-state index in [1.165, 1.54) is 0 Å². The summed E-state index contributed by atoms with van der Waals surface area (Å²) >= 11 is 5.91. The second kappa shape index (κ2) is 5.84. The van der Waals surface area contributed by atoms with E-state index in [1.807, 2.05) is 23.7 Å². The number of imidazole rings is 1. The molecule has 0 aliphatic carbocycles. The summed E-state index contributed by atoms with van der Waals surface area (Å²) in [4.78, 5) is 8.27. The fourth-order valence-electron chi connectivity index (χ4n) is 1.58. The second-order valence-corrected chi connectivity index (χ2v) is 4.25. The van der Waals surface area contributed by atoms with Gasteiger partial charge in [0.25, 0.3) is 0 Å². The van der Waals surface area contributed by atoms with E-state index in [0.717, 1.165) is 17.9 Å². The number of pyridine rings is 1. The first-order valence-electron chi connectivity index (χ1n) is 5.56. The maximum absolute atomic E-state index is 5.91. The number of rotatable bonds is 5. The van der Waals surface area contributed by atoms with Gasteiger partial charge < -0.3 is 14.6 Å². The van der Waals surface area contributed by atoms with Gasteiger partial charge in [0.2, 0.25) is 5.88 Å². The van der Waals surface area contributed by atoms with E-state index < -0.39 is 0 Å². The average molecular weight is 267 g/mol. The molecule has 0 unspecified atom stereocenters. The molecule has 0 aliphatic rings. The van der Waals surface area contributed by atoms with Crippen LogP contribution in [0.15, 0.2) is 24.5 Å². The molecule has 2 heterocycles. The molecule has 0 aliphatic heterocycles. The van der Waals surface area contributed by atoms with E-state index in [9.17, 15) is 0 Å². The molecule has 2 aromatic rings. The third-order valence-electron chi connectivity index (χ3n) is 2.65. The summed E-state index contributed by atoms with van der Waals surface area (Å²) < 4.78 is 6.92. The Balaban J connectivity index is 1.90. The van der Waals surface area contributed by atoms with Crippen LogP contribution in [0.3, 0.4) is 0 Å². The summed E-state index contributed by atoms with van der Waals surface area (Å²) in [5.74, 6) is 1.52. The zero-order valence-electron chi connectivity index (χ0n) is 10.4. The molecular formula is C12H15ClN4O. The van der Waals surface area contributed by atoms with Crippen LogP contribution in [0.1, 0.15) is 11.4 Å². The Morgan fingerprint density at radius 1 is 1.39 bits per heavy atom. The molecule has 6 heteroatoms. The van der Waals surface area contributed by atoms with Crippen LogP contribution >= 0.6 is 11.6 Å². The molecule has 0 saturated carbocycles. The minimum Gasteiger partial charge on any atom is -0.481 e. The van der Waals surface area contributed by atoms with Gasteiger partial charge in [-0.3, -0.25) is 0 Å². The highest BCUT2D eigenvalue weighted by Crippen LogP contribution is 2.10. The molecule has 96 valence electrons. The summed E-state index contributed by atoms with van der Waals surface area (Å²) in [5, 5.41) is 3.93. The van der Waals surface area contributed by atoms with Crippen molar-refractivity contribution in [2.75, 3.05) is 7.11 Å². The van der Waals surface area contributed by atoms with Crippen LogP contribution < -0.4 is 10.1 Å². The molecule has 0 saturated heterocycles. The molecule has 1 N–H and O–H groups in total. The molecule has 18 heavy (non-hydrogen) atoms. The monoisotopic (exact) mass is 266 g/mol. The molecule has 0 spiro atoms. The van der Waals surface area contributed by atoms with Gasteiger partial charge in [-0.05, 0) is 11.6 Å². The quantitative estimate of drug-likeness (QED) is 0.896. The maximum atomic E-state index is 5.91. The fraction of sp³-hybridized carbons (Fsp3) is 0.333. The number of hydrogen-bond donors (Lipinski definition) is 1. The van der Waals surface area contributed by atoms with Gasteiger partial charge in [-0.1, -0.05) is 11.6 Å². The highest BCUT2D eigenvalue weighted by molar-refractivity contribution is 6.29. The maximum Gasteiger partial charge on any atom is 0.213 e. The van der Waals surface area contributed by atoms with Gasteiger partial charge in [-0.25, -0.2) is 9.97 Å². The lowest BCUT2D eigenvalue weighted by Gasteiger charge is -2.06. The van der Waals surface area contributed by atoms with Crippen molar-refractivity contribution in [3.8, 4) is 5.88 Å². The normalized spacial score (nSPS) is 10.6. The molecule has 0 atom stereocenters. The molecule has 0 radical (unpaired) electrons. The predicted octanol–water partition coefficient (Wildman–Crippen LogP) is 1.77. The third kappa shape index (κ3) is 3.00. The van der Waals surface area contributed by atoms with Crippen LogP contribution in [-0.4, -0.2) is 21.6 Å². The van der Waals surface area contributed by atoms with E-state index in [4.69, 9.17) is 16.3 Å². The molecule has 2 rings (SSSR count). The van der Waals surface area contributed by atoms with E-state index >= 15 is 0 Å². The summed E-state index contributed by atoms with van der Waals surface area (Å²) in [7, 11) is 3.50. The topological polar surface area (TPSA) is 52.0 Å². The van der Waals surface area contributed by atoms with Gasteiger partial charge in [0.15, 0.2) is 0 Å². The van der Waals surface area contributed by atoms with Crippen LogP contribution in [0.25, 0.3) is 0 Å². The van der Waals surface area contributed by atoms with Gasteiger partial charge in [-0.2, -0.15) is 0 Å². The lowest BCUT2D eigenvalue weighted by Crippen LogP contribution is -2.15. The Labute approximate surface area is 111 Å². The number of hydrogen-bond acceptors (Lipinski definition) is 4. The van der Waals surface area contributed by atoms with E-state index in [-0.39, 0.29) is 0 Å². The molecule has 0 bridgehead atoms. The van der Waals surface area contributed by atoms with E-state index in [1.54, 1.807) is 19.5 Å². The predicted molar refractivity (Wildman–Crippen MR) is 69.6 cm³/mol. The SMILES string of the molecule is COc1cc(CNCc2ncc(Cl)n2C)ccn1. The largest absolute Gasteiger partial charge is 0.481 e. The Kier molecular flexibility index (Phi) is 4.17. The van der Waals surface area contributed by atoms with Crippen LogP contribution in [0.4, 0.5) is 0 Å². The number of aromatic nitrogens is 3. The summed E-state index contributed by atoms with van der Waals surface area (Å²) in [6, 6.07) is 3.85. The standard InChI is InChI=1S/C12H15ClN4O/c1-17-10(13)7-16-11(17)8-14-6-9-3-4-15-12(5-9)18-2/h3-5,7,14H,6,8H2,1-2H3. The van der Waals surface area contributed by atoms with Gasteiger partial charge in [0, 0.05) is 25.9 Å². The van der Waals surface area contributed by atoms with Crippen LogP contribution in [0, 0.1) is 0 Å². The summed E-state index contributed by atoms with van der Waals surface area (Å²) in [6.07, 6.45) is 3.38. The van der Waals surface area contributed by atoms with Gasteiger partial charge in [0.1, 0.15) is 11.0 Å². The number of nitrogens with one attached hydrogen (secondary N) is 1. The first kappa shape index (κ1) is 12.9. The molecular weight excluding hydrogens is 252 g/mol. The lowest BCUT2D eigenvalue weighted by molar-refractivity contribution is 0.397. The van der Waals surface area contributed by atoms with Crippen molar-refractivity contribution in [1.82, 2.24) is 19.9 Å². The van der Waals surface area contributed by atoms with Crippen molar-refractivity contribution in [2.24, 2.45) is 7.05 Å². The van der Waals surface area contributed by atoms with Crippen LogP contribution in [0.2, 0.25) is 5.15 Å². The summed E-state index contributed by atoms with van der Waals surface area (Å²) in [6.45, 7) is 1.39. The zero-order valence-corrected chi connectivity index (χ0v) is 11.1. The third-order valence-corrected chi connectivity index (χ3v) is 3.00. The van der Waals surface area contributed by atoms with E-state index in [0.29, 0.717) is 17.6 Å². The minimum absolute atomic E-state index is 0.620. The fourth-order valence-corrected chi connectivity index (χ4v) is 1.73. The molecule has 5 nitrogen and oxygen atoms in total. The number of ether oxygens (including phenoxy) is 1. The van der Waals surface area contributed by atoms with Gasteiger partial charge in [0.05, 0.1) is 19.9 Å². The smallest absolute Gasteiger partial charge is 0.213 e. The molecule has 0 amide bonds. The van der Waals surface area contributed by atoms with E-state index in [2.05, 4.69) is 15.3 Å². The Hall–Kier alpha value is -1.59. The van der Waals surface area contributed by atoms with Gasteiger partial charge >= 0.3 is 0 Å². The Morgan fingerprint density at radius 2 is 2.22 bits per heavy atom. The zero-order chi connectivity index (χ0) is 13.0. The van der Waals surface area contributed by atoms with Crippen LogP contribution in [0.5, 0.6) is 5.88 Å². The van der Waals surface area contributed by atoms with Crippen molar-refractivity contribution < 1.29 is 4.74 Å². The minimum atomic E-state index is 0.620. The van der Waals surface area contributed by atoms with Crippen molar-refractivity contribution in [1.29, 1.82) is 0 Å². The molecule has 2 aromatic heterocycles. The molecule has 0 fully saturated rings. The Bertz CT molecular complexity index is 527. The second-order valence-electron chi connectivity index (χ2n) is 3.87. The highest BCUT2D eigenvalue weighted by Gasteiger charge is 2.03. The van der Waals surface area contributed by atoms with Crippen molar-refractivity contribution >= 4 is 11.6 Å². The number of methoxy groups -OCH3 is 1. The first-order valence-corrected chi connectivity index (χ1v) is 5.94. The Morgan fingerprint density at radius 3 is 2.89 bits per heavy atom. The van der Waals surface area contributed by atoms with Gasteiger partial charge in [-0.15, -0.1) is 0 Å². The molecule has 0 aromatic carbocycles.